The van der Waals surface area contributed by atoms with Crippen LogP contribution in [-0.2, 0) is 4.28 Å². The average molecular weight is 542 g/mol. The van der Waals surface area contributed by atoms with Gasteiger partial charge < -0.3 is 0 Å². The lowest BCUT2D eigenvalue weighted by molar-refractivity contribution is 0.340. The van der Waals surface area contributed by atoms with E-state index in [0.717, 1.165) is 0 Å². The van der Waals surface area contributed by atoms with E-state index in [0.29, 0.717) is 0 Å². The van der Waals surface area contributed by atoms with Gasteiger partial charge in [-0.2, -0.15) is 0 Å². The van der Waals surface area contributed by atoms with Crippen molar-refractivity contribution in [3.63, 3.8) is 0 Å². The minimum Gasteiger partial charge on any atom is -0.203 e. The van der Waals surface area contributed by atoms with Gasteiger partial charge in [-0.1, -0.05) is 0 Å². The maximum atomic E-state index is 14.6. The lowest BCUT2D eigenvalue weighted by Gasteiger charge is -2.34. The fraction of sp³-hybridized carbons (Fsp3) is 0.0526. The van der Waals surface area contributed by atoms with Gasteiger partial charge in [-0.3, -0.25) is 0 Å². The Morgan fingerprint density at radius 3 is 0.514 bits per heavy atom. The second-order valence-corrected chi connectivity index (χ2v) is 8.46. The number of halogens is 15. The summed E-state index contributed by atoms with van der Waals surface area (Å²) in [4.78, 5) is 0. The smallest absolute Gasteiger partial charge is 0.203 e. The van der Waals surface area contributed by atoms with Crippen molar-refractivity contribution in [2.45, 2.75) is 4.28 Å². The molecule has 0 fully saturated rings. The molecule has 0 atom stereocenters. The highest BCUT2D eigenvalue weighted by molar-refractivity contribution is 6.21. The summed E-state index contributed by atoms with van der Waals surface area (Å²) < 4.78 is 207. The van der Waals surface area contributed by atoms with Crippen molar-refractivity contribution in [2.24, 2.45) is 0 Å². The van der Waals surface area contributed by atoms with Crippen LogP contribution in [0.4, 0.5) is 65.9 Å². The van der Waals surface area contributed by atoms with Crippen LogP contribution in [0.5, 0.6) is 0 Å². The molecule has 0 unspecified atom stereocenters. The molecule has 0 N–H and O–H groups in total. The molecule has 0 aliphatic carbocycles. The fourth-order valence-corrected chi connectivity index (χ4v) is 4.82. The average Bonchev–Trinajstić information content (AvgIpc) is 2.81. The van der Waals surface area contributed by atoms with Crippen LogP contribution in [0.1, 0.15) is 16.7 Å². The van der Waals surface area contributed by atoms with E-state index in [4.69, 9.17) is 0 Å². The van der Waals surface area contributed by atoms with Crippen LogP contribution >= 0.6 is 0 Å². The summed E-state index contributed by atoms with van der Waals surface area (Å²) in [7, 11) is 0. The SMILES string of the molecule is Fc1c(F)c(F)c([C]([AlH2])(c2c(F)c(F)c(F)c(F)c2F)c2c(F)c(F)c(F)c(F)c2F)c(F)c1F. The molecular weight excluding hydrogens is 540 g/mol. The van der Waals surface area contributed by atoms with Gasteiger partial charge in [-0.25, -0.2) is 65.9 Å². The quantitative estimate of drug-likeness (QED) is 0.131. The standard InChI is InChI=1S/C19F15.Al.2H/c20-5-2(6(21)12(27)17(32)11(5)26)1(3-7(22)13(28)18(33)14(29)8(3)23)4-9(24)15(30)19(34)16(31)10(4)25;;;. The number of benzene rings is 3. The molecule has 0 saturated carbocycles. The largest absolute Gasteiger partial charge is 0.244 e. The van der Waals surface area contributed by atoms with E-state index in [9.17, 15) is 65.9 Å². The highest BCUT2D eigenvalue weighted by Gasteiger charge is 2.50. The zero-order valence-electron chi connectivity index (χ0n) is 16.2. The van der Waals surface area contributed by atoms with Crippen molar-refractivity contribution in [3.05, 3.63) is 104 Å². The molecule has 0 saturated heterocycles. The van der Waals surface area contributed by atoms with Crippen LogP contribution in [0, 0.1) is 87.3 Å². The first-order valence-electron chi connectivity index (χ1n) is 8.58. The molecule has 0 bridgehead atoms. The van der Waals surface area contributed by atoms with Crippen LogP contribution < -0.4 is 0 Å². The molecule has 3 aromatic rings. The van der Waals surface area contributed by atoms with Gasteiger partial charge in [0.25, 0.3) is 0 Å². The summed E-state index contributed by atoms with van der Waals surface area (Å²) in [5.41, 5.74) is -7.90. The maximum Gasteiger partial charge on any atom is 0.244 e. The van der Waals surface area contributed by atoms with Crippen molar-refractivity contribution >= 4 is 16.3 Å². The summed E-state index contributed by atoms with van der Waals surface area (Å²) in [6.07, 6.45) is 0. The molecule has 16 heteroatoms. The molecule has 0 aliphatic heterocycles. The van der Waals surface area contributed by atoms with Crippen LogP contribution in [0.25, 0.3) is 0 Å². The number of hydrogen-bond acceptors (Lipinski definition) is 0. The van der Waals surface area contributed by atoms with Gasteiger partial charge in [0.15, 0.2) is 69.8 Å². The second kappa shape index (κ2) is 8.67. The third-order valence-corrected chi connectivity index (χ3v) is 6.63. The third-order valence-electron chi connectivity index (χ3n) is 5.13. The van der Waals surface area contributed by atoms with E-state index >= 15 is 0 Å². The maximum absolute atomic E-state index is 14.6. The molecule has 0 aliphatic rings. The third kappa shape index (κ3) is 3.48. The molecule has 0 heterocycles. The highest BCUT2D eigenvalue weighted by atomic mass is 27.0. The van der Waals surface area contributed by atoms with E-state index in [1.807, 2.05) is 0 Å². The minimum absolute atomic E-state index is 1.80. The number of rotatable bonds is 3. The Kier molecular flexibility index (Phi) is 6.62. The van der Waals surface area contributed by atoms with Crippen molar-refractivity contribution in [2.75, 3.05) is 0 Å². The van der Waals surface area contributed by atoms with Crippen LogP contribution in [-0.4, -0.2) is 16.3 Å². The lowest BCUT2D eigenvalue weighted by Crippen LogP contribution is -2.39. The Hall–Kier alpha value is -2.86. The molecule has 0 amide bonds. The van der Waals surface area contributed by atoms with E-state index in [-0.39, 0.29) is 0 Å². The van der Waals surface area contributed by atoms with Gasteiger partial charge >= 0.3 is 0 Å². The van der Waals surface area contributed by atoms with Gasteiger partial charge in [0, 0.05) is 21.0 Å². The summed E-state index contributed by atoms with van der Waals surface area (Å²) in [5, 5.41) is 0. The van der Waals surface area contributed by atoms with Crippen molar-refractivity contribution in [1.82, 2.24) is 0 Å². The summed E-state index contributed by atoms with van der Waals surface area (Å²) >= 11 is -1.80. The first kappa shape index (κ1) is 26.7. The second-order valence-electron chi connectivity index (χ2n) is 6.96. The minimum atomic E-state index is -4.31. The Labute approximate surface area is 191 Å². The van der Waals surface area contributed by atoms with Crippen molar-refractivity contribution in [3.8, 4) is 0 Å². The van der Waals surface area contributed by atoms with Gasteiger partial charge in [-0.15, -0.1) is 0 Å². The molecule has 3 rings (SSSR count). The lowest BCUT2D eigenvalue weighted by atomic mass is 9.81. The molecule has 0 aromatic heterocycles. The zero-order valence-corrected chi connectivity index (χ0v) is 18.2. The topological polar surface area (TPSA) is 0 Å². The predicted octanol–water partition coefficient (Wildman–Crippen LogP) is 5.70. The van der Waals surface area contributed by atoms with Gasteiger partial charge in [0.05, 0.1) is 0 Å². The Bertz CT molecular complexity index is 1160. The molecule has 0 spiro atoms. The first-order valence-corrected chi connectivity index (χ1v) is 9.58. The van der Waals surface area contributed by atoms with Crippen molar-refractivity contribution in [1.29, 1.82) is 0 Å². The van der Waals surface area contributed by atoms with Gasteiger partial charge in [0.1, 0.15) is 0 Å². The normalized spacial score (nSPS) is 12.0. The first-order chi connectivity index (χ1) is 16.0. The Balaban J connectivity index is 2.78. The van der Waals surface area contributed by atoms with Gasteiger partial charge in [-0.05, 0) is 0 Å². The number of hydrogen-bond donors (Lipinski definition) is 0. The highest BCUT2D eigenvalue weighted by Crippen LogP contribution is 2.47. The Morgan fingerprint density at radius 1 is 0.257 bits per heavy atom. The van der Waals surface area contributed by atoms with Crippen LogP contribution in [0.3, 0.4) is 0 Å². The fourth-order valence-electron chi connectivity index (χ4n) is 3.51. The molecule has 0 nitrogen and oxygen atoms in total. The van der Waals surface area contributed by atoms with Crippen molar-refractivity contribution < 1.29 is 65.9 Å². The molecule has 35 heavy (non-hydrogen) atoms. The zero-order chi connectivity index (χ0) is 26.9. The summed E-state index contributed by atoms with van der Waals surface area (Å²) in [6, 6.07) is 0. The summed E-state index contributed by atoms with van der Waals surface area (Å²) in [5.74, 6) is -45.0. The Morgan fingerprint density at radius 2 is 0.371 bits per heavy atom. The predicted molar refractivity (Wildman–Crippen MR) is 87.1 cm³/mol. The van der Waals surface area contributed by atoms with Crippen LogP contribution in [0.15, 0.2) is 0 Å². The molecular formula is C19H2AlF15. The summed E-state index contributed by atoms with van der Waals surface area (Å²) in [6.45, 7) is 0. The van der Waals surface area contributed by atoms with Crippen LogP contribution in [0.2, 0.25) is 0 Å². The molecule has 186 valence electrons. The molecule has 3 aromatic carbocycles. The van der Waals surface area contributed by atoms with E-state index < -0.39 is 125 Å². The van der Waals surface area contributed by atoms with Gasteiger partial charge in [0.2, 0.25) is 33.7 Å². The van der Waals surface area contributed by atoms with E-state index in [2.05, 4.69) is 0 Å². The monoisotopic (exact) mass is 542 g/mol. The van der Waals surface area contributed by atoms with E-state index in [1.165, 1.54) is 0 Å². The van der Waals surface area contributed by atoms with E-state index in [1.54, 1.807) is 0 Å². The molecule has 0 radical (unpaired) electrons.